The third kappa shape index (κ3) is 3.20. The summed E-state index contributed by atoms with van der Waals surface area (Å²) in [5, 5.41) is 17.2. The number of halogens is 1. The van der Waals surface area contributed by atoms with Crippen LogP contribution in [0.4, 0.5) is 4.39 Å². The Balaban J connectivity index is 1.42. The van der Waals surface area contributed by atoms with Gasteiger partial charge in [-0.05, 0) is 64.4 Å². The van der Waals surface area contributed by atoms with Crippen molar-refractivity contribution >= 4 is 22.7 Å². The molecule has 0 radical (unpaired) electrons. The Labute approximate surface area is 163 Å². The third-order valence-electron chi connectivity index (χ3n) is 4.74. The average Bonchev–Trinajstić information content (AvgIpc) is 3.44. The number of rotatable bonds is 4. The lowest BCUT2D eigenvalue weighted by atomic mass is 9.99. The van der Waals surface area contributed by atoms with Crippen LogP contribution in [0.1, 0.15) is 21.4 Å². The van der Waals surface area contributed by atoms with Crippen molar-refractivity contribution in [2.24, 2.45) is 0 Å². The minimum atomic E-state index is -0.273. The molecule has 5 nitrogen and oxygen atoms in total. The normalized spacial score (nSPS) is 17.1. The van der Waals surface area contributed by atoms with E-state index in [2.05, 4.69) is 49.3 Å². The van der Waals surface area contributed by atoms with Crippen LogP contribution >= 0.6 is 22.7 Å². The van der Waals surface area contributed by atoms with Gasteiger partial charge in [0.15, 0.2) is 0 Å². The highest BCUT2D eigenvalue weighted by molar-refractivity contribution is 7.10. The molecule has 4 aromatic rings. The summed E-state index contributed by atoms with van der Waals surface area (Å²) in [6, 6.07) is 12.9. The lowest BCUT2D eigenvalue weighted by molar-refractivity contribution is 0.148. The number of hydrogen-bond donors (Lipinski definition) is 0. The van der Waals surface area contributed by atoms with Crippen LogP contribution in [-0.4, -0.2) is 31.7 Å². The van der Waals surface area contributed by atoms with E-state index in [0.717, 1.165) is 18.5 Å². The Bertz CT molecular complexity index is 1040. The second kappa shape index (κ2) is 6.95. The fourth-order valence-electron chi connectivity index (χ4n) is 3.48. The van der Waals surface area contributed by atoms with Crippen LogP contribution in [0.15, 0.2) is 53.2 Å². The molecule has 0 bridgehead atoms. The van der Waals surface area contributed by atoms with Gasteiger partial charge < -0.3 is 0 Å². The van der Waals surface area contributed by atoms with E-state index in [1.807, 2.05) is 11.3 Å². The largest absolute Gasteiger partial charge is 0.270 e. The van der Waals surface area contributed by atoms with Crippen LogP contribution in [0.5, 0.6) is 0 Å². The predicted octanol–water partition coefficient (Wildman–Crippen LogP) is 4.21. The number of thiophene rings is 2. The summed E-state index contributed by atoms with van der Waals surface area (Å²) in [6.07, 6.45) is 1.04. The molecule has 1 aliphatic rings. The molecule has 136 valence electrons. The smallest absolute Gasteiger partial charge is 0.204 e. The molecule has 1 aromatic carbocycles. The van der Waals surface area contributed by atoms with Gasteiger partial charge in [-0.3, -0.25) is 4.90 Å². The van der Waals surface area contributed by atoms with E-state index in [4.69, 9.17) is 0 Å². The van der Waals surface area contributed by atoms with Gasteiger partial charge in [0.25, 0.3) is 0 Å². The lowest BCUT2D eigenvalue weighted by Gasteiger charge is -2.34. The van der Waals surface area contributed by atoms with E-state index in [1.54, 1.807) is 28.3 Å². The first-order valence-corrected chi connectivity index (χ1v) is 10.4. The van der Waals surface area contributed by atoms with Crippen LogP contribution < -0.4 is 0 Å². The summed E-state index contributed by atoms with van der Waals surface area (Å²) in [4.78, 5) is 6.80. The van der Waals surface area contributed by atoms with Crippen molar-refractivity contribution in [2.45, 2.75) is 19.1 Å². The van der Waals surface area contributed by atoms with Crippen molar-refractivity contribution in [3.8, 4) is 11.4 Å². The maximum Gasteiger partial charge on any atom is 0.204 e. The molecule has 0 aliphatic carbocycles. The molecule has 5 rings (SSSR count). The highest BCUT2D eigenvalue weighted by Gasteiger charge is 2.30. The SMILES string of the molecule is Fc1ccc(-c2nnn(CN3CCc4sccc4[C@H]3c3cccs3)n2)cc1. The zero-order valence-corrected chi connectivity index (χ0v) is 16.0. The number of nitrogens with zero attached hydrogens (tertiary/aromatic N) is 5. The summed E-state index contributed by atoms with van der Waals surface area (Å²) in [5.41, 5.74) is 2.14. The van der Waals surface area contributed by atoms with E-state index in [-0.39, 0.29) is 11.9 Å². The predicted molar refractivity (Wildman–Crippen MR) is 104 cm³/mol. The zero-order chi connectivity index (χ0) is 18.2. The first-order valence-electron chi connectivity index (χ1n) is 8.65. The van der Waals surface area contributed by atoms with E-state index in [9.17, 15) is 4.39 Å². The second-order valence-corrected chi connectivity index (χ2v) is 8.39. The lowest BCUT2D eigenvalue weighted by Crippen LogP contribution is -2.37. The number of benzene rings is 1. The van der Waals surface area contributed by atoms with Crippen LogP contribution in [0.2, 0.25) is 0 Å². The summed E-state index contributed by atoms with van der Waals surface area (Å²) in [6.45, 7) is 1.51. The number of hydrogen-bond acceptors (Lipinski definition) is 6. The van der Waals surface area contributed by atoms with Gasteiger partial charge in [-0.1, -0.05) is 6.07 Å². The summed E-state index contributed by atoms with van der Waals surface area (Å²) < 4.78 is 13.1. The van der Waals surface area contributed by atoms with Gasteiger partial charge in [0.05, 0.1) is 6.04 Å². The average molecular weight is 398 g/mol. The van der Waals surface area contributed by atoms with E-state index in [1.165, 1.54) is 27.5 Å². The van der Waals surface area contributed by atoms with Crippen molar-refractivity contribution in [1.29, 1.82) is 0 Å². The van der Waals surface area contributed by atoms with Crippen LogP contribution in [-0.2, 0) is 13.1 Å². The molecule has 0 saturated heterocycles. The standard InChI is InChI=1S/C19H16FN5S2/c20-14-5-3-13(4-6-14)19-21-23-25(22-19)12-24-9-7-16-15(8-11-27-16)18(24)17-2-1-10-26-17/h1-6,8,10-11,18H,7,9,12H2/t18-/m0/s1. The monoisotopic (exact) mass is 397 g/mol. The van der Waals surface area contributed by atoms with Crippen molar-refractivity contribution in [3.05, 3.63) is 74.4 Å². The summed E-state index contributed by atoms with van der Waals surface area (Å²) >= 11 is 3.61. The van der Waals surface area contributed by atoms with Crippen LogP contribution in [0.3, 0.4) is 0 Å². The van der Waals surface area contributed by atoms with Crippen LogP contribution in [0.25, 0.3) is 11.4 Å². The maximum absolute atomic E-state index is 13.1. The molecule has 0 N–H and O–H groups in total. The minimum Gasteiger partial charge on any atom is -0.270 e. The number of fused-ring (bicyclic) bond motifs is 1. The quantitative estimate of drug-likeness (QED) is 0.518. The zero-order valence-electron chi connectivity index (χ0n) is 14.3. The van der Waals surface area contributed by atoms with E-state index < -0.39 is 0 Å². The van der Waals surface area contributed by atoms with Gasteiger partial charge in [0.1, 0.15) is 12.5 Å². The number of tetrazole rings is 1. The molecule has 3 aromatic heterocycles. The Morgan fingerprint density at radius 2 is 1.96 bits per heavy atom. The molecule has 1 atom stereocenters. The summed E-state index contributed by atoms with van der Waals surface area (Å²) in [7, 11) is 0. The van der Waals surface area contributed by atoms with Gasteiger partial charge in [0.2, 0.25) is 5.82 Å². The van der Waals surface area contributed by atoms with Gasteiger partial charge >= 0.3 is 0 Å². The molecule has 0 unspecified atom stereocenters. The van der Waals surface area contributed by atoms with Crippen LogP contribution in [0, 0.1) is 5.82 Å². The van der Waals surface area contributed by atoms with Gasteiger partial charge in [-0.25, -0.2) is 4.39 Å². The van der Waals surface area contributed by atoms with Crippen molar-refractivity contribution < 1.29 is 4.39 Å². The second-order valence-electron chi connectivity index (χ2n) is 6.41. The first kappa shape index (κ1) is 16.7. The molecule has 1 aliphatic heterocycles. The Kier molecular flexibility index (Phi) is 4.31. The maximum atomic E-state index is 13.1. The Morgan fingerprint density at radius 1 is 1.07 bits per heavy atom. The molecule has 27 heavy (non-hydrogen) atoms. The van der Waals surface area contributed by atoms with E-state index in [0.29, 0.717) is 12.5 Å². The first-order chi connectivity index (χ1) is 13.3. The molecule has 0 saturated carbocycles. The minimum absolute atomic E-state index is 0.222. The fraction of sp³-hybridized carbons (Fsp3) is 0.211. The van der Waals surface area contributed by atoms with Crippen molar-refractivity contribution in [1.82, 2.24) is 25.1 Å². The Morgan fingerprint density at radius 3 is 2.78 bits per heavy atom. The molecule has 0 fully saturated rings. The Hall–Kier alpha value is -2.42. The highest BCUT2D eigenvalue weighted by Crippen LogP contribution is 2.39. The third-order valence-corrected chi connectivity index (χ3v) is 6.66. The van der Waals surface area contributed by atoms with Crippen molar-refractivity contribution in [2.75, 3.05) is 6.54 Å². The molecule has 0 spiro atoms. The molecular formula is C19H16FN5S2. The number of aromatic nitrogens is 4. The van der Waals surface area contributed by atoms with Crippen molar-refractivity contribution in [3.63, 3.8) is 0 Å². The highest BCUT2D eigenvalue weighted by atomic mass is 32.1. The van der Waals surface area contributed by atoms with Gasteiger partial charge in [-0.15, -0.1) is 37.7 Å². The van der Waals surface area contributed by atoms with Gasteiger partial charge in [0, 0.05) is 21.9 Å². The van der Waals surface area contributed by atoms with Gasteiger partial charge in [-0.2, -0.15) is 0 Å². The summed E-state index contributed by atoms with van der Waals surface area (Å²) in [5.74, 6) is 0.237. The fourth-order valence-corrected chi connectivity index (χ4v) is 5.26. The molecule has 8 heteroatoms. The van der Waals surface area contributed by atoms with E-state index >= 15 is 0 Å². The molecular weight excluding hydrogens is 381 g/mol. The topological polar surface area (TPSA) is 46.8 Å². The molecule has 0 amide bonds. The molecule has 4 heterocycles.